The van der Waals surface area contributed by atoms with E-state index in [0.29, 0.717) is 12.0 Å². The van der Waals surface area contributed by atoms with Crippen molar-refractivity contribution in [3.63, 3.8) is 0 Å². The van der Waals surface area contributed by atoms with Gasteiger partial charge in [-0.05, 0) is 12.0 Å². The molecular formula is C13H18N2O6S2. The van der Waals surface area contributed by atoms with Crippen LogP contribution < -0.4 is 0 Å². The third-order valence-electron chi connectivity index (χ3n) is 3.78. The standard InChI is InChI=1S/C13H18N2O6S2/c1-2-14(13-7-8-22(18,19)10-13)23(20,21)9-11-3-5-12(6-4-11)15(16)17/h3-6,13H,2,7-10H2,1H3. The fraction of sp³-hybridized carbons (Fsp3) is 0.538. The van der Waals surface area contributed by atoms with E-state index in [1.807, 2.05) is 0 Å². The quantitative estimate of drug-likeness (QED) is 0.549. The molecule has 0 radical (unpaired) electrons. The van der Waals surface area contributed by atoms with Crippen molar-refractivity contribution in [1.29, 1.82) is 0 Å². The van der Waals surface area contributed by atoms with Gasteiger partial charge < -0.3 is 0 Å². The molecule has 0 N–H and O–H groups in total. The van der Waals surface area contributed by atoms with Crippen molar-refractivity contribution in [2.75, 3.05) is 18.1 Å². The molecule has 10 heteroatoms. The molecule has 0 bridgehead atoms. The number of non-ortho nitro benzene ring substituents is 1. The fourth-order valence-electron chi connectivity index (χ4n) is 2.69. The van der Waals surface area contributed by atoms with Gasteiger partial charge in [-0.2, -0.15) is 4.31 Å². The van der Waals surface area contributed by atoms with Crippen LogP contribution in [0, 0.1) is 10.1 Å². The van der Waals surface area contributed by atoms with E-state index in [0.717, 1.165) is 0 Å². The molecule has 0 saturated carbocycles. The first-order chi connectivity index (χ1) is 10.6. The number of nitro benzene ring substituents is 1. The zero-order chi connectivity index (χ0) is 17.3. The van der Waals surface area contributed by atoms with Gasteiger partial charge in [-0.1, -0.05) is 19.1 Å². The molecule has 1 heterocycles. The molecule has 23 heavy (non-hydrogen) atoms. The summed E-state index contributed by atoms with van der Waals surface area (Å²) in [6.07, 6.45) is 0.301. The molecule has 1 aliphatic heterocycles. The van der Waals surface area contributed by atoms with Gasteiger partial charge in [0.05, 0.1) is 22.2 Å². The van der Waals surface area contributed by atoms with Gasteiger partial charge in [0, 0.05) is 24.7 Å². The number of benzene rings is 1. The average Bonchev–Trinajstić information content (AvgIpc) is 2.79. The molecule has 0 spiro atoms. The van der Waals surface area contributed by atoms with E-state index < -0.39 is 30.8 Å². The molecule has 0 aliphatic carbocycles. The van der Waals surface area contributed by atoms with Gasteiger partial charge in [0.25, 0.3) is 5.69 Å². The minimum atomic E-state index is -3.69. The Bertz CT molecular complexity index is 786. The summed E-state index contributed by atoms with van der Waals surface area (Å²) in [6, 6.07) is 4.76. The van der Waals surface area contributed by atoms with Gasteiger partial charge >= 0.3 is 0 Å². The second kappa shape index (κ2) is 6.54. The minimum Gasteiger partial charge on any atom is -0.258 e. The highest BCUT2D eigenvalue weighted by molar-refractivity contribution is 7.92. The smallest absolute Gasteiger partial charge is 0.258 e. The molecular weight excluding hydrogens is 344 g/mol. The van der Waals surface area contributed by atoms with Crippen molar-refractivity contribution >= 4 is 25.5 Å². The second-order valence-corrected chi connectivity index (χ2v) is 9.59. The van der Waals surface area contributed by atoms with Gasteiger partial charge in [-0.15, -0.1) is 0 Å². The van der Waals surface area contributed by atoms with E-state index >= 15 is 0 Å². The number of hydrogen-bond acceptors (Lipinski definition) is 6. The van der Waals surface area contributed by atoms with Crippen LogP contribution in [-0.2, 0) is 25.6 Å². The van der Waals surface area contributed by atoms with Crippen LogP contribution in [-0.4, -0.2) is 50.2 Å². The number of rotatable bonds is 6. The lowest BCUT2D eigenvalue weighted by molar-refractivity contribution is -0.384. The molecule has 1 atom stereocenters. The summed E-state index contributed by atoms with van der Waals surface area (Å²) in [5.74, 6) is -0.461. The van der Waals surface area contributed by atoms with Crippen LogP contribution in [0.5, 0.6) is 0 Å². The molecule has 1 aromatic rings. The molecule has 0 aromatic heterocycles. The highest BCUT2D eigenvalue weighted by Gasteiger charge is 2.37. The normalized spacial score (nSPS) is 20.7. The van der Waals surface area contributed by atoms with Crippen molar-refractivity contribution in [1.82, 2.24) is 4.31 Å². The molecule has 1 unspecified atom stereocenters. The zero-order valence-corrected chi connectivity index (χ0v) is 14.2. The van der Waals surface area contributed by atoms with Crippen LogP contribution in [0.15, 0.2) is 24.3 Å². The van der Waals surface area contributed by atoms with Crippen LogP contribution in [0.1, 0.15) is 18.9 Å². The summed E-state index contributed by atoms with van der Waals surface area (Å²) in [5.41, 5.74) is 0.315. The maximum atomic E-state index is 12.5. The SMILES string of the molecule is CCN(C1CCS(=O)(=O)C1)S(=O)(=O)Cc1ccc([N+](=O)[O-])cc1. The topological polar surface area (TPSA) is 115 Å². The van der Waals surface area contributed by atoms with E-state index in [9.17, 15) is 26.9 Å². The average molecular weight is 362 g/mol. The molecule has 1 aromatic carbocycles. The summed E-state index contributed by atoms with van der Waals surface area (Å²) in [7, 11) is -6.87. The Hall–Kier alpha value is -1.52. The maximum absolute atomic E-state index is 12.5. The van der Waals surface area contributed by atoms with E-state index in [1.54, 1.807) is 6.92 Å². The van der Waals surface area contributed by atoms with E-state index in [2.05, 4.69) is 0 Å². The van der Waals surface area contributed by atoms with Gasteiger partial charge in [-0.3, -0.25) is 10.1 Å². The van der Waals surface area contributed by atoms with Gasteiger partial charge in [0.2, 0.25) is 10.0 Å². The van der Waals surface area contributed by atoms with Gasteiger partial charge in [-0.25, -0.2) is 16.8 Å². The lowest BCUT2D eigenvalue weighted by Gasteiger charge is -2.25. The van der Waals surface area contributed by atoms with Crippen molar-refractivity contribution in [3.8, 4) is 0 Å². The largest absolute Gasteiger partial charge is 0.269 e. The van der Waals surface area contributed by atoms with Crippen molar-refractivity contribution in [3.05, 3.63) is 39.9 Å². The lowest BCUT2D eigenvalue weighted by Crippen LogP contribution is -2.41. The van der Waals surface area contributed by atoms with E-state index in [-0.39, 0.29) is 29.5 Å². The summed E-state index contributed by atoms with van der Waals surface area (Å²) < 4.78 is 49.4. The molecule has 0 amide bonds. The molecule has 2 rings (SSSR count). The fourth-order valence-corrected chi connectivity index (χ4v) is 6.32. The second-order valence-electron chi connectivity index (χ2n) is 5.44. The van der Waals surface area contributed by atoms with E-state index in [1.165, 1.54) is 28.6 Å². The number of nitrogens with zero attached hydrogens (tertiary/aromatic N) is 2. The minimum absolute atomic E-state index is 0.00121. The summed E-state index contributed by atoms with van der Waals surface area (Å²) in [4.78, 5) is 10.1. The number of nitro groups is 1. The van der Waals surface area contributed by atoms with Gasteiger partial charge in [0.1, 0.15) is 0 Å². The third-order valence-corrected chi connectivity index (χ3v) is 7.50. The number of sulfonamides is 1. The molecule has 1 aliphatic rings. The van der Waals surface area contributed by atoms with Crippen LogP contribution in [0.4, 0.5) is 5.69 Å². The molecule has 128 valence electrons. The zero-order valence-electron chi connectivity index (χ0n) is 12.6. The van der Waals surface area contributed by atoms with Crippen LogP contribution in [0.25, 0.3) is 0 Å². The predicted molar refractivity (Wildman–Crippen MR) is 85.2 cm³/mol. The summed E-state index contributed by atoms with van der Waals surface area (Å²) in [5, 5.41) is 10.6. The van der Waals surface area contributed by atoms with Crippen LogP contribution >= 0.6 is 0 Å². The Morgan fingerprint density at radius 1 is 1.30 bits per heavy atom. The van der Waals surface area contributed by atoms with Crippen molar-refractivity contribution < 1.29 is 21.8 Å². The summed E-state index contributed by atoms with van der Waals surface area (Å²) >= 11 is 0. The Labute approximate surface area is 135 Å². The monoisotopic (exact) mass is 362 g/mol. The first-order valence-electron chi connectivity index (χ1n) is 7.08. The van der Waals surface area contributed by atoms with Crippen LogP contribution in [0.3, 0.4) is 0 Å². The van der Waals surface area contributed by atoms with Crippen LogP contribution in [0.2, 0.25) is 0 Å². The first kappa shape index (κ1) is 17.8. The highest BCUT2D eigenvalue weighted by atomic mass is 32.2. The Balaban J connectivity index is 2.17. The Morgan fingerprint density at radius 2 is 1.91 bits per heavy atom. The summed E-state index contributed by atoms with van der Waals surface area (Å²) in [6.45, 7) is 1.85. The highest BCUT2D eigenvalue weighted by Crippen LogP contribution is 2.23. The first-order valence-corrected chi connectivity index (χ1v) is 10.5. The molecule has 1 saturated heterocycles. The number of hydrogen-bond donors (Lipinski definition) is 0. The predicted octanol–water partition coefficient (Wildman–Crippen LogP) is 0.934. The Morgan fingerprint density at radius 3 is 2.35 bits per heavy atom. The maximum Gasteiger partial charge on any atom is 0.269 e. The Kier molecular flexibility index (Phi) is 5.07. The molecule has 8 nitrogen and oxygen atoms in total. The van der Waals surface area contributed by atoms with Crippen molar-refractivity contribution in [2.24, 2.45) is 0 Å². The number of sulfone groups is 1. The van der Waals surface area contributed by atoms with Gasteiger partial charge in [0.15, 0.2) is 9.84 Å². The third kappa shape index (κ3) is 4.27. The van der Waals surface area contributed by atoms with Crippen molar-refractivity contribution in [2.45, 2.75) is 25.1 Å². The van der Waals surface area contributed by atoms with E-state index in [4.69, 9.17) is 0 Å². The molecule has 1 fully saturated rings. The lowest BCUT2D eigenvalue weighted by atomic mass is 10.2.